The third kappa shape index (κ3) is 3.18. The molecule has 2 N–H and O–H groups in total. The Labute approximate surface area is 169 Å². The zero-order chi connectivity index (χ0) is 19.1. The Hall–Kier alpha value is -2.71. The smallest absolute Gasteiger partial charge is 0.147 e. The van der Waals surface area contributed by atoms with E-state index in [0.717, 1.165) is 45.0 Å². The molecule has 7 nitrogen and oxygen atoms in total. The van der Waals surface area contributed by atoms with Gasteiger partial charge in [-0.25, -0.2) is 9.97 Å². The molecule has 0 aliphatic carbocycles. The minimum absolute atomic E-state index is 0.0233. The minimum Gasteiger partial charge on any atom is -0.491 e. The van der Waals surface area contributed by atoms with Crippen LogP contribution in [0.15, 0.2) is 53.5 Å². The SMILES string of the molecule is Nc1ncnc2c1ccn2C1CCC(COc2ccc3cc(Br)cnc3c2)O1. The number of halogens is 1. The van der Waals surface area contributed by atoms with Crippen molar-refractivity contribution in [1.29, 1.82) is 0 Å². The van der Waals surface area contributed by atoms with Crippen LogP contribution in [0.4, 0.5) is 5.82 Å². The van der Waals surface area contributed by atoms with Crippen LogP contribution >= 0.6 is 15.9 Å². The standard InChI is InChI=1S/C20H18BrN5O2/c21-13-7-12-1-2-14(8-17(12)23-9-13)27-10-15-3-4-18(28-15)26-6-5-16-19(22)24-11-25-20(16)26/h1-2,5-9,11,15,18H,3-4,10H2,(H2,22,24,25). The molecule has 142 valence electrons. The van der Waals surface area contributed by atoms with E-state index in [2.05, 4.69) is 30.9 Å². The third-order valence-corrected chi connectivity index (χ3v) is 5.43. The first-order chi connectivity index (χ1) is 13.7. The average molecular weight is 440 g/mol. The normalized spacial score (nSPS) is 19.5. The third-order valence-electron chi connectivity index (χ3n) is 4.99. The molecular formula is C20H18BrN5O2. The van der Waals surface area contributed by atoms with Gasteiger partial charge in [-0.15, -0.1) is 0 Å². The second-order valence-electron chi connectivity index (χ2n) is 6.83. The summed E-state index contributed by atoms with van der Waals surface area (Å²) in [6.45, 7) is 0.495. The van der Waals surface area contributed by atoms with Gasteiger partial charge in [0.2, 0.25) is 0 Å². The van der Waals surface area contributed by atoms with E-state index in [1.807, 2.05) is 41.1 Å². The van der Waals surface area contributed by atoms with Crippen LogP contribution in [-0.2, 0) is 4.74 Å². The van der Waals surface area contributed by atoms with Crippen LogP contribution in [0.2, 0.25) is 0 Å². The number of fused-ring (bicyclic) bond motifs is 2. The first kappa shape index (κ1) is 17.4. The van der Waals surface area contributed by atoms with E-state index in [-0.39, 0.29) is 12.3 Å². The number of anilines is 1. The van der Waals surface area contributed by atoms with Gasteiger partial charge < -0.3 is 19.8 Å². The van der Waals surface area contributed by atoms with E-state index in [0.29, 0.717) is 12.4 Å². The molecule has 0 saturated carbocycles. The van der Waals surface area contributed by atoms with E-state index in [4.69, 9.17) is 15.2 Å². The number of rotatable bonds is 4. The Kier molecular flexibility index (Phi) is 4.37. The first-order valence-corrected chi connectivity index (χ1v) is 9.87. The highest BCUT2D eigenvalue weighted by Crippen LogP contribution is 2.32. The van der Waals surface area contributed by atoms with Crippen LogP contribution in [-0.4, -0.2) is 32.2 Å². The lowest BCUT2D eigenvalue weighted by molar-refractivity contribution is -0.0156. The number of aromatic nitrogens is 4. The van der Waals surface area contributed by atoms with Crippen LogP contribution in [0.1, 0.15) is 19.1 Å². The van der Waals surface area contributed by atoms with Crippen molar-refractivity contribution < 1.29 is 9.47 Å². The molecule has 3 aromatic heterocycles. The van der Waals surface area contributed by atoms with Crippen molar-refractivity contribution >= 4 is 43.7 Å². The number of nitrogens with two attached hydrogens (primary N) is 1. The summed E-state index contributed by atoms with van der Waals surface area (Å²) in [5.41, 5.74) is 7.62. The highest BCUT2D eigenvalue weighted by molar-refractivity contribution is 9.10. The zero-order valence-corrected chi connectivity index (χ0v) is 16.5. The van der Waals surface area contributed by atoms with Crippen molar-refractivity contribution in [3.8, 4) is 5.75 Å². The van der Waals surface area contributed by atoms with Gasteiger partial charge in [-0.1, -0.05) is 0 Å². The van der Waals surface area contributed by atoms with Gasteiger partial charge in [0.05, 0.1) is 17.0 Å². The molecule has 1 aromatic carbocycles. The molecule has 4 heterocycles. The minimum atomic E-state index is -0.0731. The molecule has 2 atom stereocenters. The predicted octanol–water partition coefficient (Wildman–Crippen LogP) is 4.08. The van der Waals surface area contributed by atoms with Crippen molar-refractivity contribution in [2.45, 2.75) is 25.2 Å². The molecule has 8 heteroatoms. The summed E-state index contributed by atoms with van der Waals surface area (Å²) in [5.74, 6) is 1.28. The molecule has 5 rings (SSSR count). The molecule has 1 saturated heterocycles. The van der Waals surface area contributed by atoms with Gasteiger partial charge in [0.15, 0.2) is 0 Å². The molecule has 4 aromatic rings. The number of nitrogen functional groups attached to an aromatic ring is 1. The lowest BCUT2D eigenvalue weighted by atomic mass is 10.2. The fraction of sp³-hybridized carbons (Fsp3) is 0.250. The van der Waals surface area contributed by atoms with Crippen molar-refractivity contribution in [3.63, 3.8) is 0 Å². The molecular weight excluding hydrogens is 422 g/mol. The van der Waals surface area contributed by atoms with E-state index < -0.39 is 0 Å². The first-order valence-electron chi connectivity index (χ1n) is 9.08. The van der Waals surface area contributed by atoms with Crippen LogP contribution in [0.3, 0.4) is 0 Å². The Morgan fingerprint density at radius 1 is 1.18 bits per heavy atom. The average Bonchev–Trinajstić information content (AvgIpc) is 3.33. The molecule has 0 spiro atoms. The van der Waals surface area contributed by atoms with Gasteiger partial charge in [0, 0.05) is 28.3 Å². The van der Waals surface area contributed by atoms with Crippen molar-refractivity contribution in [2.75, 3.05) is 12.3 Å². The number of hydrogen-bond donors (Lipinski definition) is 1. The maximum atomic E-state index is 6.19. The molecule has 0 amide bonds. The second kappa shape index (κ2) is 7.03. The molecule has 2 unspecified atom stereocenters. The van der Waals surface area contributed by atoms with Crippen molar-refractivity contribution in [2.24, 2.45) is 0 Å². The van der Waals surface area contributed by atoms with Gasteiger partial charge in [-0.3, -0.25) is 4.98 Å². The quantitative estimate of drug-likeness (QED) is 0.515. The van der Waals surface area contributed by atoms with Gasteiger partial charge >= 0.3 is 0 Å². The Morgan fingerprint density at radius 2 is 2.11 bits per heavy atom. The highest BCUT2D eigenvalue weighted by Gasteiger charge is 2.28. The summed E-state index contributed by atoms with van der Waals surface area (Å²) >= 11 is 3.44. The summed E-state index contributed by atoms with van der Waals surface area (Å²) in [4.78, 5) is 12.8. The number of hydrogen-bond acceptors (Lipinski definition) is 6. The van der Waals surface area contributed by atoms with E-state index in [1.54, 1.807) is 6.20 Å². The molecule has 0 bridgehead atoms. The lowest BCUT2D eigenvalue weighted by Gasteiger charge is -2.16. The van der Waals surface area contributed by atoms with Crippen molar-refractivity contribution in [1.82, 2.24) is 19.5 Å². The summed E-state index contributed by atoms with van der Waals surface area (Å²) in [6, 6.07) is 9.89. The van der Waals surface area contributed by atoms with Gasteiger partial charge in [-0.05, 0) is 53.0 Å². The molecule has 0 radical (unpaired) electrons. The Balaban J connectivity index is 1.26. The molecule has 1 aliphatic heterocycles. The predicted molar refractivity (Wildman–Crippen MR) is 110 cm³/mol. The van der Waals surface area contributed by atoms with Crippen LogP contribution in [0, 0.1) is 0 Å². The molecule has 28 heavy (non-hydrogen) atoms. The monoisotopic (exact) mass is 439 g/mol. The summed E-state index contributed by atoms with van der Waals surface area (Å²) in [6.07, 6.45) is 6.99. The second-order valence-corrected chi connectivity index (χ2v) is 7.74. The Bertz CT molecular complexity index is 1160. The van der Waals surface area contributed by atoms with Gasteiger partial charge in [0.1, 0.15) is 36.4 Å². The van der Waals surface area contributed by atoms with Crippen molar-refractivity contribution in [3.05, 3.63) is 53.5 Å². The fourth-order valence-electron chi connectivity index (χ4n) is 3.59. The summed E-state index contributed by atoms with van der Waals surface area (Å²) < 4.78 is 15.1. The lowest BCUT2D eigenvalue weighted by Crippen LogP contribution is -2.18. The number of ether oxygens (including phenoxy) is 2. The van der Waals surface area contributed by atoms with Crippen LogP contribution in [0.25, 0.3) is 21.9 Å². The summed E-state index contributed by atoms with van der Waals surface area (Å²) in [5, 5.41) is 1.92. The fourth-order valence-corrected chi connectivity index (χ4v) is 3.94. The number of nitrogens with zero attached hydrogens (tertiary/aromatic N) is 4. The van der Waals surface area contributed by atoms with Gasteiger partial charge in [-0.2, -0.15) is 0 Å². The maximum Gasteiger partial charge on any atom is 0.147 e. The maximum absolute atomic E-state index is 6.19. The largest absolute Gasteiger partial charge is 0.491 e. The highest BCUT2D eigenvalue weighted by atomic mass is 79.9. The topological polar surface area (TPSA) is 88.1 Å². The van der Waals surface area contributed by atoms with E-state index in [1.165, 1.54) is 6.33 Å². The number of pyridine rings is 1. The number of benzene rings is 1. The summed E-state index contributed by atoms with van der Waals surface area (Å²) in [7, 11) is 0. The van der Waals surface area contributed by atoms with Crippen LogP contribution < -0.4 is 10.5 Å². The Morgan fingerprint density at radius 3 is 3.04 bits per heavy atom. The molecule has 1 fully saturated rings. The zero-order valence-electron chi connectivity index (χ0n) is 15.0. The molecule has 1 aliphatic rings. The van der Waals surface area contributed by atoms with Crippen LogP contribution in [0.5, 0.6) is 5.75 Å². The van der Waals surface area contributed by atoms with Gasteiger partial charge in [0.25, 0.3) is 0 Å². The van der Waals surface area contributed by atoms with E-state index in [9.17, 15) is 0 Å². The van der Waals surface area contributed by atoms with E-state index >= 15 is 0 Å².